The van der Waals surface area contributed by atoms with E-state index in [1.165, 1.54) is 16.4 Å². The molecule has 0 aliphatic carbocycles. The molecule has 2 amide bonds. The summed E-state index contributed by atoms with van der Waals surface area (Å²) in [6, 6.07) is 9.55. The molecule has 0 unspecified atom stereocenters. The highest BCUT2D eigenvalue weighted by atomic mass is 35.5. The van der Waals surface area contributed by atoms with E-state index in [-0.39, 0.29) is 50.7 Å². The van der Waals surface area contributed by atoms with Gasteiger partial charge in [-0.1, -0.05) is 29.3 Å². The molecular formula is C24H26Cl2F3N3O4S. The normalized spacial score (nSPS) is 21.4. The number of carbonyl (C=O) groups excluding carboxylic acids is 1. The molecule has 7 nitrogen and oxygen atoms in total. The van der Waals surface area contributed by atoms with Crippen molar-refractivity contribution in [1.29, 1.82) is 0 Å². The number of likely N-dealkylation sites (tertiary alicyclic amines) is 1. The maximum Gasteiger partial charge on any atom is 0.416 e. The minimum atomic E-state index is -4.43. The van der Waals surface area contributed by atoms with Gasteiger partial charge in [-0.2, -0.15) is 17.5 Å². The number of urea groups is 1. The van der Waals surface area contributed by atoms with Crippen molar-refractivity contribution < 1.29 is 31.1 Å². The van der Waals surface area contributed by atoms with Crippen molar-refractivity contribution in [3.05, 3.63) is 63.6 Å². The van der Waals surface area contributed by atoms with Crippen LogP contribution in [0.3, 0.4) is 0 Å². The van der Waals surface area contributed by atoms with Crippen LogP contribution in [0, 0.1) is 5.92 Å². The molecule has 0 saturated carbocycles. The van der Waals surface area contributed by atoms with Gasteiger partial charge in [0.05, 0.1) is 28.5 Å². The molecule has 0 radical (unpaired) electrons. The highest BCUT2D eigenvalue weighted by Gasteiger charge is 2.39. The first kappa shape index (κ1) is 27.8. The largest absolute Gasteiger partial charge is 0.493 e. The van der Waals surface area contributed by atoms with Crippen molar-refractivity contribution in [2.75, 3.05) is 52.1 Å². The van der Waals surface area contributed by atoms with Gasteiger partial charge in [0.2, 0.25) is 10.0 Å². The lowest BCUT2D eigenvalue weighted by molar-refractivity contribution is -0.137. The second-order valence-corrected chi connectivity index (χ2v) is 12.0. The third-order valence-electron chi connectivity index (χ3n) is 6.71. The van der Waals surface area contributed by atoms with Crippen molar-refractivity contribution >= 4 is 39.3 Å². The predicted molar refractivity (Wildman–Crippen MR) is 135 cm³/mol. The Bertz CT molecular complexity index is 1240. The summed E-state index contributed by atoms with van der Waals surface area (Å²) in [5.41, 5.74) is 0.106. The van der Waals surface area contributed by atoms with E-state index in [0.29, 0.717) is 28.9 Å². The first-order valence-corrected chi connectivity index (χ1v) is 14.2. The summed E-state index contributed by atoms with van der Waals surface area (Å²) in [4.78, 5) is 16.6. The fraction of sp³-hybridized carbons (Fsp3) is 0.458. The molecule has 2 aromatic carbocycles. The molecule has 2 aliphatic rings. The van der Waals surface area contributed by atoms with Crippen LogP contribution >= 0.6 is 23.2 Å². The van der Waals surface area contributed by atoms with Gasteiger partial charge in [0.15, 0.2) is 0 Å². The Morgan fingerprint density at radius 1 is 0.973 bits per heavy atom. The zero-order chi connectivity index (χ0) is 27.0. The van der Waals surface area contributed by atoms with E-state index in [0.717, 1.165) is 24.0 Å². The number of piperazine rings is 1. The molecule has 0 spiro atoms. The van der Waals surface area contributed by atoms with Gasteiger partial charge in [-0.15, -0.1) is 0 Å². The first-order valence-electron chi connectivity index (χ1n) is 11.6. The summed E-state index contributed by atoms with van der Waals surface area (Å²) in [5.74, 6) is -0.0196. The molecule has 0 N–H and O–H groups in total. The number of nitrogens with zero attached hydrogens (tertiary/aromatic N) is 3. The average molecular weight is 580 g/mol. The summed E-state index contributed by atoms with van der Waals surface area (Å²) in [6.07, 6.45) is -3.29. The Kier molecular flexibility index (Phi) is 8.18. The van der Waals surface area contributed by atoms with Crippen LogP contribution in [0.5, 0.6) is 5.75 Å². The molecule has 2 fully saturated rings. The topological polar surface area (TPSA) is 70.2 Å². The van der Waals surface area contributed by atoms with Crippen LogP contribution in [0.15, 0.2) is 42.5 Å². The van der Waals surface area contributed by atoms with E-state index in [1.54, 1.807) is 21.9 Å². The molecule has 0 aromatic heterocycles. The molecule has 2 heterocycles. The number of alkyl halides is 3. The van der Waals surface area contributed by atoms with E-state index in [2.05, 4.69) is 0 Å². The summed E-state index contributed by atoms with van der Waals surface area (Å²) < 4.78 is 69.4. The Morgan fingerprint density at radius 2 is 1.62 bits per heavy atom. The highest BCUT2D eigenvalue weighted by molar-refractivity contribution is 7.88. The van der Waals surface area contributed by atoms with Gasteiger partial charge in [0, 0.05) is 51.1 Å². The van der Waals surface area contributed by atoms with Crippen molar-refractivity contribution in [2.45, 2.75) is 12.1 Å². The van der Waals surface area contributed by atoms with Gasteiger partial charge < -0.3 is 14.5 Å². The molecular weight excluding hydrogens is 554 g/mol. The Labute approximate surface area is 223 Å². The zero-order valence-corrected chi connectivity index (χ0v) is 22.2. The van der Waals surface area contributed by atoms with Gasteiger partial charge >= 0.3 is 12.2 Å². The smallest absolute Gasteiger partial charge is 0.416 e. The number of benzene rings is 2. The Balaban J connectivity index is 1.47. The van der Waals surface area contributed by atoms with Crippen LogP contribution in [-0.4, -0.2) is 80.7 Å². The van der Waals surface area contributed by atoms with Crippen molar-refractivity contribution in [3.8, 4) is 5.75 Å². The second-order valence-electron chi connectivity index (χ2n) is 9.21. The average Bonchev–Trinajstić information content (AvgIpc) is 3.27. The first-order chi connectivity index (χ1) is 17.3. The quantitative estimate of drug-likeness (QED) is 0.510. The lowest BCUT2D eigenvalue weighted by Crippen LogP contribution is -2.53. The molecule has 2 aromatic rings. The lowest BCUT2D eigenvalue weighted by atomic mass is 9.89. The number of hydrogen-bond acceptors (Lipinski definition) is 4. The number of carbonyl (C=O) groups is 1. The Hall–Kier alpha value is -2.21. The lowest BCUT2D eigenvalue weighted by Gasteiger charge is -2.35. The van der Waals surface area contributed by atoms with Crippen molar-refractivity contribution in [2.24, 2.45) is 5.92 Å². The standard InChI is InChI=1S/C24H26Cl2F3N3O4S/c1-37(34,35)32-10-8-30(9-11-32)23(33)31-13-17(20(14-31)16-2-7-21(25)22(26)12-16)15-36-19-5-3-18(4-6-19)24(27,28)29/h2-7,12,17,20H,8-11,13-15H2,1H3/t17-,20-/m0/s1. The van der Waals surface area contributed by atoms with E-state index in [9.17, 15) is 26.4 Å². The number of ether oxygens (including phenoxy) is 1. The molecule has 0 bridgehead atoms. The molecule has 202 valence electrons. The van der Waals surface area contributed by atoms with Crippen LogP contribution in [0.25, 0.3) is 0 Å². The number of sulfonamides is 1. The van der Waals surface area contributed by atoms with Gasteiger partial charge in [0.1, 0.15) is 5.75 Å². The molecule has 37 heavy (non-hydrogen) atoms. The van der Waals surface area contributed by atoms with Crippen LogP contribution in [0.1, 0.15) is 17.0 Å². The SMILES string of the molecule is CS(=O)(=O)N1CCN(C(=O)N2C[C@@H](COc3ccc(C(F)(F)F)cc3)[C@H](c3ccc(Cl)c(Cl)c3)C2)CC1. The third kappa shape index (κ3) is 6.63. The van der Waals surface area contributed by atoms with Crippen LogP contribution < -0.4 is 4.74 Å². The molecule has 2 aliphatic heterocycles. The maximum absolute atomic E-state index is 13.3. The third-order valence-corrected chi connectivity index (χ3v) is 8.75. The van der Waals surface area contributed by atoms with E-state index in [1.807, 2.05) is 6.07 Å². The summed E-state index contributed by atoms with van der Waals surface area (Å²) >= 11 is 12.3. The van der Waals surface area contributed by atoms with Gasteiger partial charge in [0.25, 0.3) is 0 Å². The monoisotopic (exact) mass is 579 g/mol. The maximum atomic E-state index is 13.3. The number of halogens is 5. The fourth-order valence-corrected chi connectivity index (χ4v) is 5.80. The molecule has 2 atom stereocenters. The van der Waals surface area contributed by atoms with Gasteiger partial charge in [-0.25, -0.2) is 13.2 Å². The van der Waals surface area contributed by atoms with E-state index >= 15 is 0 Å². The highest BCUT2D eigenvalue weighted by Crippen LogP contribution is 2.37. The summed E-state index contributed by atoms with van der Waals surface area (Å²) in [6.45, 7) is 1.94. The van der Waals surface area contributed by atoms with E-state index in [4.69, 9.17) is 27.9 Å². The second kappa shape index (κ2) is 10.9. The fourth-order valence-electron chi connectivity index (χ4n) is 4.67. The summed E-state index contributed by atoms with van der Waals surface area (Å²) in [5, 5.41) is 0.779. The number of rotatable bonds is 5. The number of hydrogen-bond donors (Lipinski definition) is 0. The molecule has 13 heteroatoms. The zero-order valence-electron chi connectivity index (χ0n) is 19.9. The Morgan fingerprint density at radius 3 is 2.19 bits per heavy atom. The predicted octanol–water partition coefficient (Wildman–Crippen LogP) is 4.80. The van der Waals surface area contributed by atoms with Gasteiger partial charge in [-0.05, 0) is 42.0 Å². The number of amides is 2. The van der Waals surface area contributed by atoms with Crippen LogP contribution in [0.2, 0.25) is 10.0 Å². The molecule has 4 rings (SSSR count). The minimum absolute atomic E-state index is 0.148. The van der Waals surface area contributed by atoms with Crippen LogP contribution in [0.4, 0.5) is 18.0 Å². The molecule has 2 saturated heterocycles. The summed E-state index contributed by atoms with van der Waals surface area (Å²) in [7, 11) is -3.32. The van der Waals surface area contributed by atoms with Gasteiger partial charge in [-0.3, -0.25) is 0 Å². The van der Waals surface area contributed by atoms with Crippen molar-refractivity contribution in [3.63, 3.8) is 0 Å². The van der Waals surface area contributed by atoms with E-state index < -0.39 is 21.8 Å². The van der Waals surface area contributed by atoms with Crippen molar-refractivity contribution in [1.82, 2.24) is 14.1 Å². The minimum Gasteiger partial charge on any atom is -0.493 e. The van der Waals surface area contributed by atoms with Crippen LogP contribution in [-0.2, 0) is 16.2 Å².